The quantitative estimate of drug-likeness (QED) is 0.785. The van der Waals surface area contributed by atoms with Gasteiger partial charge in [0.25, 0.3) is 0 Å². The fourth-order valence-electron chi connectivity index (χ4n) is 1.55. The maximum atomic E-state index is 11.2. The Balaban J connectivity index is 0.000000444. The average Bonchev–Trinajstić information content (AvgIpc) is 2.47. The first-order valence-corrected chi connectivity index (χ1v) is 6.39. The molecule has 3 nitrogen and oxygen atoms in total. The topological polar surface area (TPSA) is 29.5 Å². The van der Waals surface area contributed by atoms with Gasteiger partial charge in [-0.1, -0.05) is 42.5 Å². The third-order valence-corrected chi connectivity index (χ3v) is 2.41. The highest BCUT2D eigenvalue weighted by Crippen LogP contribution is 2.19. The number of hydrogen-bond acceptors (Lipinski definition) is 3. The van der Waals surface area contributed by atoms with Crippen LogP contribution in [-0.4, -0.2) is 39.1 Å². The van der Waals surface area contributed by atoms with Gasteiger partial charge in [0.1, 0.15) is 0 Å². The van der Waals surface area contributed by atoms with Crippen LogP contribution in [-0.2, 0) is 4.74 Å². The number of hydrogen-bond donors (Lipinski definition) is 0. The molecule has 0 aliphatic rings. The van der Waals surface area contributed by atoms with Crippen LogP contribution in [0.15, 0.2) is 54.6 Å². The molecule has 0 radical (unpaired) electrons. The summed E-state index contributed by atoms with van der Waals surface area (Å²) in [6.07, 6.45) is 0. The van der Waals surface area contributed by atoms with Crippen LogP contribution < -0.4 is 0 Å². The van der Waals surface area contributed by atoms with Gasteiger partial charge in [0, 0.05) is 0 Å². The van der Waals surface area contributed by atoms with Gasteiger partial charge in [0.2, 0.25) is 0 Å². The van der Waals surface area contributed by atoms with Crippen molar-refractivity contribution in [2.45, 2.75) is 0 Å². The summed E-state index contributed by atoms with van der Waals surface area (Å²) < 4.78 is 4.64. The van der Waals surface area contributed by atoms with Gasteiger partial charge >= 0.3 is 5.97 Å². The molecule has 0 atom stereocenters. The molecule has 0 heterocycles. The molecule has 2 aromatic carbocycles. The fourth-order valence-corrected chi connectivity index (χ4v) is 1.55. The Labute approximate surface area is 120 Å². The minimum atomic E-state index is -0.306. The zero-order valence-electron chi connectivity index (χ0n) is 12.5. The van der Waals surface area contributed by atoms with E-state index in [1.165, 1.54) is 7.11 Å². The molecule has 0 amide bonds. The van der Waals surface area contributed by atoms with Gasteiger partial charge in [-0.05, 0) is 44.4 Å². The number of esters is 1. The molecule has 0 aliphatic carbocycles. The fraction of sp³-hybridized carbons (Fsp3) is 0.235. The van der Waals surface area contributed by atoms with E-state index >= 15 is 0 Å². The van der Waals surface area contributed by atoms with E-state index in [0.717, 1.165) is 11.1 Å². The van der Waals surface area contributed by atoms with Crippen molar-refractivity contribution in [2.24, 2.45) is 0 Å². The van der Waals surface area contributed by atoms with E-state index in [1.54, 1.807) is 12.1 Å². The number of nitrogens with zero attached hydrogens (tertiary/aromatic N) is 1. The Hall–Kier alpha value is -2.13. The molecule has 106 valence electrons. The maximum absolute atomic E-state index is 11.2. The summed E-state index contributed by atoms with van der Waals surface area (Å²) in [4.78, 5) is 13.2. The number of carbonyl (C=O) groups excluding carboxylic acids is 1. The van der Waals surface area contributed by atoms with E-state index < -0.39 is 0 Å². The lowest BCUT2D eigenvalue weighted by Gasteiger charge is -2.02. The van der Waals surface area contributed by atoms with Crippen LogP contribution in [0.3, 0.4) is 0 Å². The minimum Gasteiger partial charge on any atom is -0.465 e. The highest BCUT2D eigenvalue weighted by molar-refractivity contribution is 5.89. The molecule has 2 rings (SSSR count). The first-order valence-electron chi connectivity index (χ1n) is 6.39. The standard InChI is InChI=1S/C14H12O2.C3H9N/c1-16-14(15)13-9-7-12(8-10-13)11-5-3-2-4-6-11;1-4(2)3/h2-10H,1H3;1-3H3. The second-order valence-electron chi connectivity index (χ2n) is 4.78. The van der Waals surface area contributed by atoms with E-state index in [2.05, 4.69) is 4.74 Å². The lowest BCUT2D eigenvalue weighted by Crippen LogP contribution is -2.00. The second-order valence-corrected chi connectivity index (χ2v) is 4.78. The number of methoxy groups -OCH3 is 1. The Morgan fingerprint density at radius 3 is 1.75 bits per heavy atom. The van der Waals surface area contributed by atoms with E-state index in [0.29, 0.717) is 5.56 Å². The lowest BCUT2D eigenvalue weighted by molar-refractivity contribution is 0.0601. The third-order valence-electron chi connectivity index (χ3n) is 2.41. The van der Waals surface area contributed by atoms with Gasteiger partial charge in [-0.25, -0.2) is 4.79 Å². The molecule has 20 heavy (non-hydrogen) atoms. The summed E-state index contributed by atoms with van der Waals surface area (Å²) in [6, 6.07) is 17.4. The molecule has 3 heteroatoms. The third kappa shape index (κ3) is 5.24. The minimum absolute atomic E-state index is 0.306. The van der Waals surface area contributed by atoms with Crippen molar-refractivity contribution >= 4 is 5.97 Å². The summed E-state index contributed by atoms with van der Waals surface area (Å²) in [7, 11) is 7.38. The molecule has 0 saturated heterocycles. The molecule has 0 aromatic heterocycles. The summed E-state index contributed by atoms with van der Waals surface area (Å²) in [6.45, 7) is 0. The van der Waals surface area contributed by atoms with Crippen LogP contribution in [0.25, 0.3) is 11.1 Å². The van der Waals surface area contributed by atoms with Crippen LogP contribution >= 0.6 is 0 Å². The monoisotopic (exact) mass is 271 g/mol. The van der Waals surface area contributed by atoms with Crippen molar-refractivity contribution in [1.82, 2.24) is 4.90 Å². The van der Waals surface area contributed by atoms with E-state index in [-0.39, 0.29) is 5.97 Å². The van der Waals surface area contributed by atoms with Crippen LogP contribution in [0.2, 0.25) is 0 Å². The van der Waals surface area contributed by atoms with Crippen molar-refractivity contribution in [1.29, 1.82) is 0 Å². The van der Waals surface area contributed by atoms with Crippen molar-refractivity contribution in [3.8, 4) is 11.1 Å². The SMILES string of the molecule is CN(C)C.COC(=O)c1ccc(-c2ccccc2)cc1. The molecule has 0 unspecified atom stereocenters. The first-order chi connectivity index (χ1) is 9.54. The maximum Gasteiger partial charge on any atom is 0.337 e. The zero-order chi connectivity index (χ0) is 15.0. The van der Waals surface area contributed by atoms with Crippen LogP contribution in [0.4, 0.5) is 0 Å². The van der Waals surface area contributed by atoms with E-state index in [9.17, 15) is 4.79 Å². The summed E-state index contributed by atoms with van der Waals surface area (Å²) >= 11 is 0. The van der Waals surface area contributed by atoms with Gasteiger partial charge in [0.15, 0.2) is 0 Å². The van der Waals surface area contributed by atoms with Gasteiger partial charge in [-0.15, -0.1) is 0 Å². The first kappa shape index (κ1) is 15.9. The van der Waals surface area contributed by atoms with Crippen molar-refractivity contribution in [3.05, 3.63) is 60.2 Å². The molecule has 2 aromatic rings. The van der Waals surface area contributed by atoms with Gasteiger partial charge in [-0.3, -0.25) is 0 Å². The smallest absolute Gasteiger partial charge is 0.337 e. The average molecular weight is 271 g/mol. The largest absolute Gasteiger partial charge is 0.465 e. The Morgan fingerprint density at radius 2 is 1.30 bits per heavy atom. The van der Waals surface area contributed by atoms with Crippen LogP contribution in [0.5, 0.6) is 0 Å². The molecular weight excluding hydrogens is 250 g/mol. The highest BCUT2D eigenvalue weighted by atomic mass is 16.5. The van der Waals surface area contributed by atoms with Gasteiger partial charge in [0.05, 0.1) is 12.7 Å². The molecule has 0 bridgehead atoms. The van der Waals surface area contributed by atoms with Crippen molar-refractivity contribution in [2.75, 3.05) is 28.3 Å². The molecule has 0 N–H and O–H groups in total. The van der Waals surface area contributed by atoms with Crippen molar-refractivity contribution < 1.29 is 9.53 Å². The number of ether oxygens (including phenoxy) is 1. The zero-order valence-corrected chi connectivity index (χ0v) is 12.5. The number of benzene rings is 2. The molecule has 0 spiro atoms. The molecule has 0 aliphatic heterocycles. The number of rotatable bonds is 2. The normalized spacial score (nSPS) is 9.65. The summed E-state index contributed by atoms with van der Waals surface area (Å²) in [5.74, 6) is -0.306. The Morgan fingerprint density at radius 1 is 0.850 bits per heavy atom. The molecular formula is C17H21NO2. The van der Waals surface area contributed by atoms with E-state index in [4.69, 9.17) is 0 Å². The highest BCUT2D eigenvalue weighted by Gasteiger charge is 2.04. The van der Waals surface area contributed by atoms with Crippen LogP contribution in [0, 0.1) is 0 Å². The Kier molecular flexibility index (Phi) is 6.47. The second kappa shape index (κ2) is 8.12. The van der Waals surface area contributed by atoms with Gasteiger partial charge < -0.3 is 9.64 Å². The van der Waals surface area contributed by atoms with Gasteiger partial charge in [-0.2, -0.15) is 0 Å². The molecule has 0 fully saturated rings. The van der Waals surface area contributed by atoms with E-state index in [1.807, 2.05) is 68.5 Å². The predicted molar refractivity (Wildman–Crippen MR) is 82.8 cm³/mol. The van der Waals surface area contributed by atoms with Crippen LogP contribution in [0.1, 0.15) is 10.4 Å². The Bertz CT molecular complexity index is 516. The number of carbonyl (C=O) groups is 1. The summed E-state index contributed by atoms with van der Waals surface area (Å²) in [5.41, 5.74) is 2.80. The lowest BCUT2D eigenvalue weighted by atomic mass is 10.0. The molecule has 0 saturated carbocycles. The summed E-state index contributed by atoms with van der Waals surface area (Å²) in [5, 5.41) is 0. The predicted octanol–water partition coefficient (Wildman–Crippen LogP) is 3.32. The van der Waals surface area contributed by atoms with Crippen molar-refractivity contribution in [3.63, 3.8) is 0 Å².